The molecule has 1 aromatic rings. The second-order valence-corrected chi connectivity index (χ2v) is 3.49. The molecule has 1 aromatic heterocycles. The smallest absolute Gasteiger partial charge is 0.220 e. The minimum absolute atomic E-state index is 0.153. The van der Waals surface area contributed by atoms with Gasteiger partial charge in [0, 0.05) is 5.92 Å². The fourth-order valence-electron chi connectivity index (χ4n) is 1.78. The number of halogens is 1. The second kappa shape index (κ2) is 3.88. The number of rotatable bonds is 1. The van der Waals surface area contributed by atoms with Crippen molar-refractivity contribution in [2.24, 2.45) is 0 Å². The van der Waals surface area contributed by atoms with E-state index in [1.807, 2.05) is 0 Å². The number of nitrogen functional groups attached to an aromatic ring is 1. The molecule has 0 saturated carbocycles. The Morgan fingerprint density at radius 2 is 2.14 bits per heavy atom. The predicted octanol–water partition coefficient (Wildman–Crippen LogP) is 0.665. The van der Waals surface area contributed by atoms with E-state index < -0.39 is 0 Å². The van der Waals surface area contributed by atoms with E-state index in [0.717, 1.165) is 32.1 Å². The van der Waals surface area contributed by atoms with Crippen molar-refractivity contribution in [2.75, 3.05) is 18.8 Å². The van der Waals surface area contributed by atoms with Crippen LogP contribution < -0.4 is 11.1 Å². The number of anilines is 1. The molecular formula is C9H13FN4. The van der Waals surface area contributed by atoms with E-state index in [1.165, 1.54) is 0 Å². The molecule has 1 saturated heterocycles. The second-order valence-electron chi connectivity index (χ2n) is 3.49. The van der Waals surface area contributed by atoms with Crippen molar-refractivity contribution in [1.29, 1.82) is 0 Å². The van der Waals surface area contributed by atoms with Crippen molar-refractivity contribution < 1.29 is 4.39 Å². The summed E-state index contributed by atoms with van der Waals surface area (Å²) < 4.78 is 13.4. The molecule has 0 bridgehead atoms. The molecule has 1 aliphatic rings. The topological polar surface area (TPSA) is 63.8 Å². The van der Waals surface area contributed by atoms with Gasteiger partial charge < -0.3 is 11.1 Å². The van der Waals surface area contributed by atoms with Crippen LogP contribution in [0, 0.1) is 5.82 Å². The summed E-state index contributed by atoms with van der Waals surface area (Å²) in [6, 6.07) is 0. The van der Waals surface area contributed by atoms with Gasteiger partial charge in [0.05, 0.1) is 11.9 Å². The monoisotopic (exact) mass is 196 g/mol. The third-order valence-electron chi connectivity index (χ3n) is 2.52. The average Bonchev–Trinajstić information content (AvgIpc) is 2.23. The van der Waals surface area contributed by atoms with E-state index in [1.54, 1.807) is 0 Å². The molecule has 5 heteroatoms. The summed E-state index contributed by atoms with van der Waals surface area (Å²) in [7, 11) is 0. The molecule has 14 heavy (non-hydrogen) atoms. The van der Waals surface area contributed by atoms with Crippen LogP contribution in [-0.4, -0.2) is 23.1 Å². The average molecular weight is 196 g/mol. The van der Waals surface area contributed by atoms with Gasteiger partial charge in [-0.25, -0.2) is 14.4 Å². The lowest BCUT2D eigenvalue weighted by Gasteiger charge is -2.22. The molecule has 1 aliphatic heterocycles. The summed E-state index contributed by atoms with van der Waals surface area (Å²) in [4.78, 5) is 7.57. The Kier molecular flexibility index (Phi) is 2.58. The minimum atomic E-state index is -0.342. The van der Waals surface area contributed by atoms with Crippen LogP contribution in [0.3, 0.4) is 0 Å². The van der Waals surface area contributed by atoms with Crippen molar-refractivity contribution in [2.45, 2.75) is 18.8 Å². The first-order valence-electron chi connectivity index (χ1n) is 4.76. The van der Waals surface area contributed by atoms with Gasteiger partial charge in [0.1, 0.15) is 0 Å². The first-order valence-corrected chi connectivity index (χ1v) is 4.76. The summed E-state index contributed by atoms with van der Waals surface area (Å²) in [5.41, 5.74) is 5.90. The molecule has 0 unspecified atom stereocenters. The van der Waals surface area contributed by atoms with Gasteiger partial charge in [-0.15, -0.1) is 0 Å². The highest BCUT2D eigenvalue weighted by molar-refractivity contribution is 5.21. The summed E-state index contributed by atoms with van der Waals surface area (Å²) in [6.07, 6.45) is 2.97. The first-order chi connectivity index (χ1) is 6.77. The molecule has 0 radical (unpaired) electrons. The summed E-state index contributed by atoms with van der Waals surface area (Å²) in [6.45, 7) is 1.82. The number of aromatic nitrogens is 2. The van der Waals surface area contributed by atoms with Crippen molar-refractivity contribution >= 4 is 5.95 Å². The van der Waals surface area contributed by atoms with Gasteiger partial charge in [-0.2, -0.15) is 0 Å². The Balaban J connectivity index is 2.24. The first kappa shape index (κ1) is 9.33. The Hall–Kier alpha value is -1.23. The highest BCUT2D eigenvalue weighted by Gasteiger charge is 2.20. The molecule has 3 N–H and O–H groups in total. The van der Waals surface area contributed by atoms with Gasteiger partial charge in [-0.1, -0.05) is 0 Å². The Morgan fingerprint density at radius 3 is 2.86 bits per heavy atom. The Bertz CT molecular complexity index is 323. The van der Waals surface area contributed by atoms with Gasteiger partial charge in [-0.3, -0.25) is 0 Å². The lowest BCUT2D eigenvalue weighted by atomic mass is 9.94. The van der Waals surface area contributed by atoms with Gasteiger partial charge >= 0.3 is 0 Å². The number of hydrogen-bond donors (Lipinski definition) is 2. The minimum Gasteiger partial charge on any atom is -0.368 e. The maximum atomic E-state index is 13.4. The molecule has 0 aliphatic carbocycles. The van der Waals surface area contributed by atoms with Crippen molar-refractivity contribution in [3.05, 3.63) is 17.7 Å². The van der Waals surface area contributed by atoms with Crippen LogP contribution in [-0.2, 0) is 0 Å². The number of piperidine rings is 1. The Labute approximate surface area is 81.7 Å². The van der Waals surface area contributed by atoms with Crippen molar-refractivity contribution in [3.8, 4) is 0 Å². The van der Waals surface area contributed by atoms with E-state index in [0.29, 0.717) is 5.69 Å². The van der Waals surface area contributed by atoms with Crippen LogP contribution in [0.1, 0.15) is 24.5 Å². The standard InChI is InChI=1S/C9H13FN4/c10-7-5-13-9(11)14-8(7)6-1-3-12-4-2-6/h5-6,12H,1-4H2,(H2,11,13,14). The zero-order chi connectivity index (χ0) is 9.97. The van der Waals surface area contributed by atoms with E-state index >= 15 is 0 Å². The maximum Gasteiger partial charge on any atom is 0.220 e. The molecule has 4 nitrogen and oxygen atoms in total. The lowest BCUT2D eigenvalue weighted by Crippen LogP contribution is -2.27. The number of hydrogen-bond acceptors (Lipinski definition) is 4. The number of nitrogens with two attached hydrogens (primary N) is 1. The van der Waals surface area contributed by atoms with Crippen LogP contribution in [0.25, 0.3) is 0 Å². The summed E-state index contributed by atoms with van der Waals surface area (Å²) in [5.74, 6) is -0.00687. The van der Waals surface area contributed by atoms with E-state index in [2.05, 4.69) is 15.3 Å². The fraction of sp³-hybridized carbons (Fsp3) is 0.556. The van der Waals surface area contributed by atoms with Gasteiger partial charge in [0.2, 0.25) is 5.95 Å². The van der Waals surface area contributed by atoms with E-state index in [4.69, 9.17) is 5.73 Å². The molecular weight excluding hydrogens is 183 g/mol. The van der Waals surface area contributed by atoms with E-state index in [9.17, 15) is 4.39 Å². The zero-order valence-electron chi connectivity index (χ0n) is 7.83. The van der Waals surface area contributed by atoms with E-state index in [-0.39, 0.29) is 17.7 Å². The molecule has 0 spiro atoms. The van der Waals surface area contributed by atoms with Crippen LogP contribution in [0.5, 0.6) is 0 Å². The third-order valence-corrected chi connectivity index (χ3v) is 2.52. The predicted molar refractivity (Wildman–Crippen MR) is 51.2 cm³/mol. The van der Waals surface area contributed by atoms with Crippen LogP contribution in [0.2, 0.25) is 0 Å². The van der Waals surface area contributed by atoms with Gasteiger partial charge in [0.15, 0.2) is 5.82 Å². The molecule has 1 fully saturated rings. The van der Waals surface area contributed by atoms with Crippen molar-refractivity contribution in [3.63, 3.8) is 0 Å². The van der Waals surface area contributed by atoms with Crippen LogP contribution >= 0.6 is 0 Å². The summed E-state index contributed by atoms with van der Waals surface area (Å²) >= 11 is 0. The van der Waals surface area contributed by atoms with Crippen LogP contribution in [0.4, 0.5) is 10.3 Å². The fourth-order valence-corrected chi connectivity index (χ4v) is 1.78. The number of nitrogens with zero attached hydrogens (tertiary/aromatic N) is 2. The lowest BCUT2D eigenvalue weighted by molar-refractivity contribution is 0.434. The molecule has 0 atom stereocenters. The highest BCUT2D eigenvalue weighted by atomic mass is 19.1. The largest absolute Gasteiger partial charge is 0.368 e. The zero-order valence-corrected chi connectivity index (χ0v) is 7.83. The number of nitrogens with one attached hydrogen (secondary N) is 1. The van der Waals surface area contributed by atoms with Crippen LogP contribution in [0.15, 0.2) is 6.20 Å². The highest BCUT2D eigenvalue weighted by Crippen LogP contribution is 2.25. The Morgan fingerprint density at radius 1 is 1.43 bits per heavy atom. The molecule has 0 aromatic carbocycles. The molecule has 2 heterocycles. The molecule has 76 valence electrons. The molecule has 0 amide bonds. The maximum absolute atomic E-state index is 13.4. The van der Waals surface area contributed by atoms with Gasteiger partial charge in [0.25, 0.3) is 0 Å². The third kappa shape index (κ3) is 1.82. The van der Waals surface area contributed by atoms with Crippen molar-refractivity contribution in [1.82, 2.24) is 15.3 Å². The normalized spacial score (nSPS) is 18.4. The summed E-state index contributed by atoms with van der Waals surface area (Å²) in [5, 5.41) is 3.22. The quantitative estimate of drug-likeness (QED) is 0.692. The van der Waals surface area contributed by atoms with Gasteiger partial charge in [-0.05, 0) is 25.9 Å². The molecule has 2 rings (SSSR count). The SMILES string of the molecule is Nc1ncc(F)c(C2CCNCC2)n1.